The number of halogens is 2. The number of amides is 1. The van der Waals surface area contributed by atoms with E-state index < -0.39 is 0 Å². The van der Waals surface area contributed by atoms with E-state index >= 15 is 0 Å². The van der Waals surface area contributed by atoms with Gasteiger partial charge < -0.3 is 5.32 Å². The first kappa shape index (κ1) is 16.8. The summed E-state index contributed by atoms with van der Waals surface area (Å²) in [4.78, 5) is 12.0. The monoisotopic (exact) mass is 343 g/mol. The molecule has 120 valence electrons. The summed E-state index contributed by atoms with van der Waals surface area (Å²) in [7, 11) is 0. The van der Waals surface area contributed by atoms with Crippen LogP contribution in [0, 0.1) is 13.8 Å². The molecule has 0 aliphatic carbocycles. The molecule has 0 saturated carbocycles. The summed E-state index contributed by atoms with van der Waals surface area (Å²) in [5.41, 5.74) is 2.02. The number of nitrogens with one attached hydrogen (secondary N) is 1. The van der Waals surface area contributed by atoms with E-state index in [0.717, 1.165) is 17.8 Å². The van der Waals surface area contributed by atoms with Crippen molar-refractivity contribution >= 4 is 29.1 Å². The predicted octanol–water partition coefficient (Wildman–Crippen LogP) is 2.84. The maximum Gasteiger partial charge on any atom is 0.273 e. The highest BCUT2D eigenvalue weighted by atomic mass is 35.5. The number of carbonyl (C=O) groups excluding carboxylic acids is 1. The van der Waals surface area contributed by atoms with Crippen LogP contribution in [0.25, 0.3) is 0 Å². The van der Waals surface area contributed by atoms with Crippen molar-refractivity contribution in [2.75, 3.05) is 6.54 Å². The molecule has 1 N–H and O–H groups in total. The molecule has 22 heavy (non-hydrogen) atoms. The molecule has 0 aromatic carbocycles. The van der Waals surface area contributed by atoms with E-state index in [1.807, 2.05) is 25.5 Å². The van der Waals surface area contributed by atoms with Crippen LogP contribution in [-0.4, -0.2) is 32.0 Å². The minimum Gasteiger partial charge on any atom is -0.351 e. The molecule has 2 aromatic heterocycles. The van der Waals surface area contributed by atoms with Crippen molar-refractivity contribution < 1.29 is 4.79 Å². The molecule has 0 aliphatic rings. The molecular weight excluding hydrogens is 325 g/mol. The SMILES string of the molecule is CCn1cc(Cl)c(C(=O)NCCCn2nc(C)c(Cl)c2C)n1. The highest BCUT2D eigenvalue weighted by Gasteiger charge is 2.15. The minimum absolute atomic E-state index is 0.261. The van der Waals surface area contributed by atoms with Crippen molar-refractivity contribution in [3.8, 4) is 0 Å². The molecule has 0 spiro atoms. The fourth-order valence-electron chi connectivity index (χ4n) is 2.12. The first-order valence-electron chi connectivity index (χ1n) is 7.14. The van der Waals surface area contributed by atoms with Gasteiger partial charge in [-0.3, -0.25) is 14.2 Å². The van der Waals surface area contributed by atoms with Gasteiger partial charge in [-0.1, -0.05) is 23.2 Å². The summed E-state index contributed by atoms with van der Waals surface area (Å²) < 4.78 is 3.48. The average molecular weight is 344 g/mol. The second-order valence-electron chi connectivity index (χ2n) is 5.00. The van der Waals surface area contributed by atoms with Crippen LogP contribution < -0.4 is 5.32 Å². The first-order chi connectivity index (χ1) is 10.4. The van der Waals surface area contributed by atoms with Gasteiger partial charge in [0.15, 0.2) is 5.69 Å². The fraction of sp³-hybridized carbons (Fsp3) is 0.500. The van der Waals surface area contributed by atoms with Crippen LogP contribution in [0.15, 0.2) is 6.20 Å². The smallest absolute Gasteiger partial charge is 0.273 e. The van der Waals surface area contributed by atoms with Crippen LogP contribution in [0.2, 0.25) is 10.0 Å². The quantitative estimate of drug-likeness (QED) is 0.820. The lowest BCUT2D eigenvalue weighted by Crippen LogP contribution is -2.26. The van der Waals surface area contributed by atoms with Crippen LogP contribution in [0.3, 0.4) is 0 Å². The van der Waals surface area contributed by atoms with Crippen molar-refractivity contribution in [1.29, 1.82) is 0 Å². The van der Waals surface area contributed by atoms with Crippen molar-refractivity contribution in [2.24, 2.45) is 0 Å². The maximum atomic E-state index is 12.0. The summed E-state index contributed by atoms with van der Waals surface area (Å²) in [6, 6.07) is 0. The van der Waals surface area contributed by atoms with Crippen LogP contribution >= 0.6 is 23.2 Å². The zero-order valence-electron chi connectivity index (χ0n) is 12.9. The van der Waals surface area contributed by atoms with Gasteiger partial charge in [-0.2, -0.15) is 10.2 Å². The molecular formula is C14H19Cl2N5O. The summed E-state index contributed by atoms with van der Waals surface area (Å²) in [6.07, 6.45) is 2.39. The number of hydrogen-bond donors (Lipinski definition) is 1. The zero-order valence-corrected chi connectivity index (χ0v) is 14.4. The van der Waals surface area contributed by atoms with E-state index in [9.17, 15) is 4.79 Å². The van der Waals surface area contributed by atoms with Crippen LogP contribution in [-0.2, 0) is 13.1 Å². The van der Waals surface area contributed by atoms with E-state index in [1.54, 1.807) is 10.9 Å². The highest BCUT2D eigenvalue weighted by Crippen LogP contribution is 2.19. The van der Waals surface area contributed by atoms with Gasteiger partial charge in [0.2, 0.25) is 0 Å². The van der Waals surface area contributed by atoms with Gasteiger partial charge in [-0.25, -0.2) is 0 Å². The molecule has 2 aromatic rings. The molecule has 1 amide bonds. The maximum absolute atomic E-state index is 12.0. The van der Waals surface area contributed by atoms with Gasteiger partial charge in [0.1, 0.15) is 0 Å². The number of carbonyl (C=O) groups is 1. The van der Waals surface area contributed by atoms with E-state index in [1.165, 1.54) is 0 Å². The van der Waals surface area contributed by atoms with Crippen molar-refractivity contribution in [2.45, 2.75) is 40.3 Å². The standard InChI is InChI=1S/C14H19Cl2N5O/c1-4-20-8-11(15)13(19-20)14(22)17-6-5-7-21-10(3)12(16)9(2)18-21/h8H,4-7H2,1-3H3,(H,17,22). The third-order valence-electron chi connectivity index (χ3n) is 3.38. The van der Waals surface area contributed by atoms with Crippen molar-refractivity contribution in [1.82, 2.24) is 24.9 Å². The molecule has 8 heteroatoms. The second-order valence-corrected chi connectivity index (χ2v) is 5.78. The number of nitrogens with zero attached hydrogens (tertiary/aromatic N) is 4. The lowest BCUT2D eigenvalue weighted by atomic mass is 10.3. The Hall–Kier alpha value is -1.53. The van der Waals surface area contributed by atoms with Gasteiger partial charge in [-0.05, 0) is 27.2 Å². The number of aromatic nitrogens is 4. The van der Waals surface area contributed by atoms with E-state index in [2.05, 4.69) is 15.5 Å². The number of hydrogen-bond acceptors (Lipinski definition) is 3. The molecule has 0 aliphatic heterocycles. The second kappa shape index (κ2) is 7.15. The Labute approximate surface area is 139 Å². The Morgan fingerprint density at radius 3 is 2.59 bits per heavy atom. The Morgan fingerprint density at radius 2 is 2.05 bits per heavy atom. The third-order valence-corrected chi connectivity index (χ3v) is 4.21. The topological polar surface area (TPSA) is 64.7 Å². The number of aryl methyl sites for hydroxylation is 3. The van der Waals surface area contributed by atoms with Crippen LogP contribution in [0.5, 0.6) is 0 Å². The van der Waals surface area contributed by atoms with Gasteiger partial charge in [0.05, 0.1) is 21.4 Å². The average Bonchev–Trinajstić information content (AvgIpc) is 2.99. The van der Waals surface area contributed by atoms with E-state index in [0.29, 0.717) is 29.7 Å². The molecule has 2 rings (SSSR count). The van der Waals surface area contributed by atoms with Crippen LogP contribution in [0.4, 0.5) is 0 Å². The zero-order chi connectivity index (χ0) is 16.3. The summed E-state index contributed by atoms with van der Waals surface area (Å²) >= 11 is 12.1. The lowest BCUT2D eigenvalue weighted by molar-refractivity contribution is 0.0947. The first-order valence-corrected chi connectivity index (χ1v) is 7.90. The summed E-state index contributed by atoms with van der Waals surface area (Å²) in [5.74, 6) is -0.261. The van der Waals surface area contributed by atoms with Gasteiger partial charge in [0.25, 0.3) is 5.91 Å². The number of rotatable bonds is 6. The summed E-state index contributed by atoms with van der Waals surface area (Å²) in [5, 5.41) is 12.4. The van der Waals surface area contributed by atoms with Gasteiger partial charge >= 0.3 is 0 Å². The normalized spacial score (nSPS) is 11.0. The molecule has 0 saturated heterocycles. The Balaban J connectivity index is 1.84. The molecule has 6 nitrogen and oxygen atoms in total. The molecule has 0 fully saturated rings. The molecule has 0 radical (unpaired) electrons. The Kier molecular flexibility index (Phi) is 5.47. The summed E-state index contributed by atoms with van der Waals surface area (Å²) in [6.45, 7) is 7.62. The van der Waals surface area contributed by atoms with E-state index in [4.69, 9.17) is 23.2 Å². The minimum atomic E-state index is -0.261. The molecule has 0 atom stereocenters. The van der Waals surface area contributed by atoms with Gasteiger partial charge in [-0.15, -0.1) is 0 Å². The van der Waals surface area contributed by atoms with Crippen molar-refractivity contribution in [3.63, 3.8) is 0 Å². The van der Waals surface area contributed by atoms with E-state index in [-0.39, 0.29) is 11.6 Å². The predicted molar refractivity (Wildman–Crippen MR) is 86.6 cm³/mol. The van der Waals surface area contributed by atoms with Crippen LogP contribution in [0.1, 0.15) is 35.2 Å². The highest BCUT2D eigenvalue weighted by molar-refractivity contribution is 6.33. The lowest BCUT2D eigenvalue weighted by Gasteiger charge is -2.06. The molecule has 0 bridgehead atoms. The molecule has 2 heterocycles. The Morgan fingerprint density at radius 1 is 1.32 bits per heavy atom. The third kappa shape index (κ3) is 3.62. The fourth-order valence-corrected chi connectivity index (χ4v) is 2.49. The van der Waals surface area contributed by atoms with Gasteiger partial charge in [0, 0.05) is 25.8 Å². The largest absolute Gasteiger partial charge is 0.351 e. The Bertz CT molecular complexity index is 677. The molecule has 0 unspecified atom stereocenters. The van der Waals surface area contributed by atoms with Crippen molar-refractivity contribution in [3.05, 3.63) is 33.3 Å².